The number of hydrogen-bond donors (Lipinski definition) is 2. The molecule has 0 aliphatic carbocycles. The summed E-state index contributed by atoms with van der Waals surface area (Å²) in [5.74, 6) is -0.450. The molecule has 1 amide bonds. The van der Waals surface area contributed by atoms with Crippen LogP contribution in [0.2, 0.25) is 10.0 Å². The zero-order chi connectivity index (χ0) is 27.7. The molecule has 39 heavy (non-hydrogen) atoms. The van der Waals surface area contributed by atoms with E-state index in [1.54, 1.807) is 37.4 Å². The number of carbonyl (C=O) groups is 2. The fourth-order valence-corrected chi connectivity index (χ4v) is 5.43. The fourth-order valence-electron chi connectivity index (χ4n) is 4.93. The number of aliphatic hydroxyl groups excluding tert-OH is 1. The lowest BCUT2D eigenvalue weighted by Gasteiger charge is -2.25. The molecule has 1 aliphatic heterocycles. The number of aromatic amines is 1. The molecule has 2 heterocycles. The quantitative estimate of drug-likeness (QED) is 0.144. The lowest BCUT2D eigenvalue weighted by Crippen LogP contribution is -2.31. The van der Waals surface area contributed by atoms with Crippen molar-refractivity contribution in [2.75, 3.05) is 20.3 Å². The van der Waals surface area contributed by atoms with Crippen LogP contribution in [0, 0.1) is 0 Å². The van der Waals surface area contributed by atoms with Gasteiger partial charge in [-0.1, -0.05) is 35.3 Å². The Kier molecular flexibility index (Phi) is 7.55. The number of benzene rings is 3. The van der Waals surface area contributed by atoms with E-state index in [1.165, 1.54) is 17.0 Å². The molecule has 4 aromatic rings. The number of ether oxygens (including phenoxy) is 2. The fraction of sp³-hybridized carbons (Fsp3) is 0.200. The summed E-state index contributed by atoms with van der Waals surface area (Å²) < 4.78 is 10.9. The summed E-state index contributed by atoms with van der Waals surface area (Å²) in [5, 5.41) is 12.9. The van der Waals surface area contributed by atoms with Gasteiger partial charge in [0.05, 0.1) is 30.4 Å². The first-order valence-corrected chi connectivity index (χ1v) is 13.2. The van der Waals surface area contributed by atoms with Crippen LogP contribution >= 0.6 is 23.2 Å². The largest absolute Gasteiger partial charge is 0.507 e. The molecule has 1 unspecified atom stereocenters. The number of H-pyrrole nitrogens is 1. The second kappa shape index (κ2) is 11.0. The number of rotatable bonds is 8. The summed E-state index contributed by atoms with van der Waals surface area (Å²) >= 11 is 12.4. The SMILES string of the molecule is CCOc1ccc(C2/C(=C(/O)c3ccc(Cl)cc3Cl)C(=O)C(=O)N2CCc2c[nH]c3ccc(OC)cc23)cc1. The highest BCUT2D eigenvalue weighted by atomic mass is 35.5. The van der Waals surface area contributed by atoms with Gasteiger partial charge in [0.1, 0.15) is 17.3 Å². The maximum atomic E-state index is 13.4. The van der Waals surface area contributed by atoms with Crippen molar-refractivity contribution in [3.63, 3.8) is 0 Å². The third-order valence-corrected chi connectivity index (χ3v) is 7.38. The highest BCUT2D eigenvalue weighted by Crippen LogP contribution is 2.41. The lowest BCUT2D eigenvalue weighted by atomic mass is 9.95. The predicted molar refractivity (Wildman–Crippen MR) is 152 cm³/mol. The predicted octanol–water partition coefficient (Wildman–Crippen LogP) is 6.55. The van der Waals surface area contributed by atoms with Gasteiger partial charge in [0.2, 0.25) is 0 Å². The van der Waals surface area contributed by atoms with Crippen molar-refractivity contribution in [2.24, 2.45) is 0 Å². The van der Waals surface area contributed by atoms with E-state index in [4.69, 9.17) is 32.7 Å². The summed E-state index contributed by atoms with van der Waals surface area (Å²) in [5.41, 5.74) is 2.75. The molecule has 0 radical (unpaired) electrons. The third-order valence-electron chi connectivity index (χ3n) is 6.83. The first kappa shape index (κ1) is 26.7. The van der Waals surface area contributed by atoms with Gasteiger partial charge >= 0.3 is 0 Å². The highest BCUT2D eigenvalue weighted by Gasteiger charge is 2.46. The molecule has 1 atom stereocenters. The summed E-state index contributed by atoms with van der Waals surface area (Å²) in [7, 11) is 1.61. The van der Waals surface area contributed by atoms with Crippen molar-refractivity contribution in [3.05, 3.63) is 99.2 Å². The topological polar surface area (TPSA) is 91.9 Å². The number of carbonyl (C=O) groups excluding carboxylic acids is 2. The van der Waals surface area contributed by atoms with Gasteiger partial charge in [-0.05, 0) is 73.0 Å². The molecule has 9 heteroatoms. The number of methoxy groups -OCH3 is 1. The molecule has 2 N–H and O–H groups in total. The first-order valence-electron chi connectivity index (χ1n) is 12.4. The van der Waals surface area contributed by atoms with Crippen molar-refractivity contribution in [1.82, 2.24) is 9.88 Å². The van der Waals surface area contributed by atoms with Crippen molar-refractivity contribution in [2.45, 2.75) is 19.4 Å². The Morgan fingerprint density at radius 1 is 1.03 bits per heavy atom. The van der Waals surface area contributed by atoms with Gasteiger partial charge in [0, 0.05) is 34.2 Å². The average molecular weight is 565 g/mol. The van der Waals surface area contributed by atoms with Crippen LogP contribution in [0.25, 0.3) is 16.7 Å². The molecule has 3 aromatic carbocycles. The standard InChI is InChI=1S/C30H26Cl2N2O5/c1-3-39-20-7-4-17(5-8-20)27-26(28(35)22-10-6-19(31)14-24(22)32)29(36)30(37)34(27)13-12-18-16-33-25-11-9-21(38-2)15-23(18)25/h4-11,14-16,27,33,35H,3,12-13H2,1-2H3/b28-26-. The van der Waals surface area contributed by atoms with Crippen LogP contribution in [-0.2, 0) is 16.0 Å². The van der Waals surface area contributed by atoms with E-state index >= 15 is 0 Å². The van der Waals surface area contributed by atoms with E-state index in [1.807, 2.05) is 31.3 Å². The zero-order valence-electron chi connectivity index (χ0n) is 21.3. The Balaban J connectivity index is 1.56. The monoisotopic (exact) mass is 564 g/mol. The van der Waals surface area contributed by atoms with E-state index in [0.29, 0.717) is 29.4 Å². The third kappa shape index (κ3) is 5.07. The van der Waals surface area contributed by atoms with Crippen LogP contribution in [0.3, 0.4) is 0 Å². The van der Waals surface area contributed by atoms with Crippen molar-refractivity contribution < 1.29 is 24.2 Å². The minimum absolute atomic E-state index is 0.0334. The smallest absolute Gasteiger partial charge is 0.295 e. The Morgan fingerprint density at radius 3 is 2.46 bits per heavy atom. The molecule has 200 valence electrons. The summed E-state index contributed by atoms with van der Waals surface area (Å²) in [4.78, 5) is 31.5. The molecule has 0 saturated carbocycles. The molecule has 1 fully saturated rings. The van der Waals surface area contributed by atoms with Gasteiger partial charge in [-0.2, -0.15) is 0 Å². The number of aliphatic hydroxyl groups is 1. The number of hydrogen-bond acceptors (Lipinski definition) is 5. The van der Waals surface area contributed by atoms with E-state index < -0.39 is 17.7 Å². The molecule has 0 bridgehead atoms. The van der Waals surface area contributed by atoms with Crippen molar-refractivity contribution in [1.29, 1.82) is 0 Å². The Hall–Kier alpha value is -3.94. The first-order chi connectivity index (χ1) is 18.8. The number of nitrogens with zero attached hydrogens (tertiary/aromatic N) is 1. The number of halogens is 2. The number of amides is 1. The van der Waals surface area contributed by atoms with Crippen molar-refractivity contribution >= 4 is 51.6 Å². The molecule has 0 spiro atoms. The van der Waals surface area contributed by atoms with Gasteiger partial charge < -0.3 is 24.5 Å². The van der Waals surface area contributed by atoms with Crippen LogP contribution in [-0.4, -0.2) is 46.9 Å². The van der Waals surface area contributed by atoms with E-state index in [9.17, 15) is 14.7 Å². The molecule has 1 saturated heterocycles. The summed E-state index contributed by atoms with van der Waals surface area (Å²) in [6.07, 6.45) is 2.36. The molecular weight excluding hydrogens is 539 g/mol. The second-order valence-electron chi connectivity index (χ2n) is 9.09. The maximum Gasteiger partial charge on any atom is 0.295 e. The van der Waals surface area contributed by atoms with Crippen LogP contribution in [0.4, 0.5) is 0 Å². The van der Waals surface area contributed by atoms with Crippen LogP contribution < -0.4 is 9.47 Å². The summed E-state index contributed by atoms with van der Waals surface area (Å²) in [6, 6.07) is 16.6. The van der Waals surface area contributed by atoms with E-state index in [-0.39, 0.29) is 28.5 Å². The van der Waals surface area contributed by atoms with Gasteiger partial charge in [-0.3, -0.25) is 9.59 Å². The second-order valence-corrected chi connectivity index (χ2v) is 9.94. The van der Waals surface area contributed by atoms with E-state index in [0.717, 1.165) is 22.2 Å². The molecule has 1 aliphatic rings. The highest BCUT2D eigenvalue weighted by molar-refractivity contribution is 6.47. The lowest BCUT2D eigenvalue weighted by molar-refractivity contribution is -0.139. The van der Waals surface area contributed by atoms with Crippen molar-refractivity contribution in [3.8, 4) is 11.5 Å². The van der Waals surface area contributed by atoms with Gasteiger partial charge in [-0.25, -0.2) is 0 Å². The van der Waals surface area contributed by atoms with Gasteiger partial charge in [0.25, 0.3) is 11.7 Å². The number of nitrogens with one attached hydrogen (secondary N) is 1. The normalized spacial score (nSPS) is 16.7. The number of Topliss-reactive ketones (excluding diaryl/α,β-unsaturated/α-hetero) is 1. The van der Waals surface area contributed by atoms with Crippen LogP contribution in [0.1, 0.15) is 29.7 Å². The Bertz CT molecular complexity index is 1590. The molecule has 5 rings (SSSR count). The van der Waals surface area contributed by atoms with Crippen LogP contribution in [0.5, 0.6) is 11.5 Å². The number of fused-ring (bicyclic) bond motifs is 1. The maximum absolute atomic E-state index is 13.4. The molecule has 1 aromatic heterocycles. The Labute approximate surface area is 235 Å². The van der Waals surface area contributed by atoms with Gasteiger partial charge in [-0.15, -0.1) is 0 Å². The average Bonchev–Trinajstić information content (AvgIpc) is 3.45. The minimum atomic E-state index is -0.827. The minimum Gasteiger partial charge on any atom is -0.507 e. The molecule has 7 nitrogen and oxygen atoms in total. The molecular formula is C30H26Cl2N2O5. The number of likely N-dealkylation sites (tertiary alicyclic amines) is 1. The summed E-state index contributed by atoms with van der Waals surface area (Å²) in [6.45, 7) is 2.62. The Morgan fingerprint density at radius 2 is 1.77 bits per heavy atom. The number of aromatic nitrogens is 1. The number of ketones is 1. The zero-order valence-corrected chi connectivity index (χ0v) is 22.8. The van der Waals surface area contributed by atoms with E-state index in [2.05, 4.69) is 4.98 Å². The van der Waals surface area contributed by atoms with Crippen LogP contribution in [0.15, 0.2) is 72.4 Å². The van der Waals surface area contributed by atoms with Gasteiger partial charge in [0.15, 0.2) is 0 Å².